The first-order chi connectivity index (χ1) is 7.34. The highest BCUT2D eigenvalue weighted by Crippen LogP contribution is 2.15. The Kier molecular flexibility index (Phi) is 5.81. The Morgan fingerprint density at radius 2 is 2.07 bits per heavy atom. The molecular formula is C12H19NO2. The van der Waals surface area contributed by atoms with E-state index in [1.807, 2.05) is 31.2 Å². The zero-order valence-corrected chi connectivity index (χ0v) is 9.20. The Bertz CT molecular complexity index is 276. The van der Waals surface area contributed by atoms with Gasteiger partial charge in [0.2, 0.25) is 0 Å². The molecule has 2 N–H and O–H groups in total. The van der Waals surface area contributed by atoms with E-state index in [2.05, 4.69) is 5.32 Å². The second kappa shape index (κ2) is 7.26. The maximum Gasteiger partial charge on any atom is 0.122 e. The second-order valence-electron chi connectivity index (χ2n) is 3.44. The number of aliphatic hydroxyl groups is 1. The molecule has 0 aliphatic rings. The molecule has 3 nitrogen and oxygen atoms in total. The van der Waals surface area contributed by atoms with Gasteiger partial charge in [0.25, 0.3) is 0 Å². The quantitative estimate of drug-likeness (QED) is 0.666. The second-order valence-corrected chi connectivity index (χ2v) is 3.44. The number of nitrogens with one attached hydrogen (secondary N) is 1. The molecule has 0 spiro atoms. The van der Waals surface area contributed by atoms with Crippen LogP contribution in [0.1, 0.15) is 12.0 Å². The summed E-state index contributed by atoms with van der Waals surface area (Å²) in [6.07, 6.45) is 0.953. The Morgan fingerprint density at radius 3 is 2.80 bits per heavy atom. The standard InChI is InChI=1S/C12H19NO2/c1-11-5-2-3-6-12(11)15-10-4-7-13-8-9-14/h2-3,5-6,13-14H,4,7-10H2,1H3. The number of hydrogen-bond donors (Lipinski definition) is 2. The molecule has 84 valence electrons. The molecule has 0 unspecified atom stereocenters. The van der Waals surface area contributed by atoms with Gasteiger partial charge in [-0.1, -0.05) is 18.2 Å². The van der Waals surface area contributed by atoms with Crippen LogP contribution in [0.25, 0.3) is 0 Å². The van der Waals surface area contributed by atoms with Crippen LogP contribution in [0.15, 0.2) is 24.3 Å². The molecule has 0 bridgehead atoms. The molecule has 0 aliphatic carbocycles. The third kappa shape index (κ3) is 4.81. The lowest BCUT2D eigenvalue weighted by molar-refractivity contribution is 0.281. The average molecular weight is 209 g/mol. The summed E-state index contributed by atoms with van der Waals surface area (Å²) in [5.41, 5.74) is 1.17. The van der Waals surface area contributed by atoms with Gasteiger partial charge in [0.05, 0.1) is 13.2 Å². The van der Waals surface area contributed by atoms with Crippen molar-refractivity contribution in [3.8, 4) is 5.75 Å². The van der Waals surface area contributed by atoms with Crippen molar-refractivity contribution in [3.63, 3.8) is 0 Å². The van der Waals surface area contributed by atoms with Crippen molar-refractivity contribution < 1.29 is 9.84 Å². The van der Waals surface area contributed by atoms with Crippen molar-refractivity contribution in [2.24, 2.45) is 0 Å². The van der Waals surface area contributed by atoms with Gasteiger partial charge in [0.15, 0.2) is 0 Å². The summed E-state index contributed by atoms with van der Waals surface area (Å²) >= 11 is 0. The first kappa shape index (κ1) is 12.0. The lowest BCUT2D eigenvalue weighted by atomic mass is 10.2. The Morgan fingerprint density at radius 1 is 1.27 bits per heavy atom. The van der Waals surface area contributed by atoms with Gasteiger partial charge in [-0.05, 0) is 31.5 Å². The zero-order chi connectivity index (χ0) is 10.9. The third-order valence-corrected chi connectivity index (χ3v) is 2.14. The summed E-state index contributed by atoms with van der Waals surface area (Å²) in [6, 6.07) is 8.01. The molecule has 1 rings (SSSR count). The minimum Gasteiger partial charge on any atom is -0.493 e. The number of rotatable bonds is 7. The van der Waals surface area contributed by atoms with Gasteiger partial charge in [0.1, 0.15) is 5.75 Å². The van der Waals surface area contributed by atoms with Crippen molar-refractivity contribution in [1.29, 1.82) is 0 Å². The van der Waals surface area contributed by atoms with Crippen LogP contribution in [0, 0.1) is 6.92 Å². The number of ether oxygens (including phenoxy) is 1. The first-order valence-corrected chi connectivity index (χ1v) is 5.34. The molecule has 1 aromatic carbocycles. The van der Waals surface area contributed by atoms with Crippen LogP contribution in [0.4, 0.5) is 0 Å². The van der Waals surface area contributed by atoms with E-state index in [1.165, 1.54) is 5.56 Å². The minimum absolute atomic E-state index is 0.193. The predicted molar refractivity (Wildman–Crippen MR) is 61.2 cm³/mol. The van der Waals surface area contributed by atoms with E-state index in [0.29, 0.717) is 13.2 Å². The smallest absolute Gasteiger partial charge is 0.122 e. The fraction of sp³-hybridized carbons (Fsp3) is 0.500. The molecule has 0 fully saturated rings. The molecule has 0 aromatic heterocycles. The Hall–Kier alpha value is -1.06. The highest BCUT2D eigenvalue weighted by molar-refractivity contribution is 5.31. The van der Waals surface area contributed by atoms with Crippen molar-refractivity contribution in [1.82, 2.24) is 5.32 Å². The van der Waals surface area contributed by atoms with Crippen LogP contribution < -0.4 is 10.1 Å². The van der Waals surface area contributed by atoms with Gasteiger partial charge >= 0.3 is 0 Å². The highest BCUT2D eigenvalue weighted by Gasteiger charge is 1.96. The molecule has 0 radical (unpaired) electrons. The minimum atomic E-state index is 0.193. The van der Waals surface area contributed by atoms with Crippen LogP contribution in [0.3, 0.4) is 0 Å². The van der Waals surface area contributed by atoms with Crippen molar-refractivity contribution in [3.05, 3.63) is 29.8 Å². The molecule has 0 aliphatic heterocycles. The van der Waals surface area contributed by atoms with Crippen LogP contribution >= 0.6 is 0 Å². The van der Waals surface area contributed by atoms with Crippen LogP contribution in [0.5, 0.6) is 5.75 Å². The number of hydrogen-bond acceptors (Lipinski definition) is 3. The van der Waals surface area contributed by atoms with Gasteiger partial charge < -0.3 is 15.2 Å². The molecular weight excluding hydrogens is 190 g/mol. The molecule has 0 amide bonds. The van der Waals surface area contributed by atoms with E-state index in [0.717, 1.165) is 18.7 Å². The Labute approximate surface area is 91.1 Å². The normalized spacial score (nSPS) is 10.3. The predicted octanol–water partition coefficient (Wildman–Crippen LogP) is 1.35. The van der Waals surface area contributed by atoms with E-state index < -0.39 is 0 Å². The largest absolute Gasteiger partial charge is 0.493 e. The van der Waals surface area contributed by atoms with Crippen LogP contribution in [0.2, 0.25) is 0 Å². The summed E-state index contributed by atoms with van der Waals surface area (Å²) < 4.78 is 5.61. The fourth-order valence-electron chi connectivity index (χ4n) is 1.30. The number of para-hydroxylation sites is 1. The lowest BCUT2D eigenvalue weighted by Crippen LogP contribution is -2.20. The molecule has 1 aromatic rings. The summed E-state index contributed by atoms with van der Waals surface area (Å²) in [7, 11) is 0. The maximum atomic E-state index is 8.54. The van der Waals surface area contributed by atoms with Gasteiger partial charge in [0, 0.05) is 6.54 Å². The summed E-state index contributed by atoms with van der Waals surface area (Å²) in [4.78, 5) is 0. The number of aryl methyl sites for hydroxylation is 1. The highest BCUT2D eigenvalue weighted by atomic mass is 16.5. The van der Waals surface area contributed by atoms with Crippen LogP contribution in [-0.2, 0) is 0 Å². The molecule has 0 saturated heterocycles. The fourth-order valence-corrected chi connectivity index (χ4v) is 1.30. The molecule has 0 saturated carbocycles. The number of aliphatic hydroxyl groups excluding tert-OH is 1. The van der Waals surface area contributed by atoms with Gasteiger partial charge in [-0.2, -0.15) is 0 Å². The molecule has 0 heterocycles. The third-order valence-electron chi connectivity index (χ3n) is 2.14. The van der Waals surface area contributed by atoms with E-state index in [9.17, 15) is 0 Å². The van der Waals surface area contributed by atoms with Crippen molar-refractivity contribution in [2.75, 3.05) is 26.3 Å². The summed E-state index contributed by atoms with van der Waals surface area (Å²) in [5, 5.41) is 11.6. The zero-order valence-electron chi connectivity index (χ0n) is 9.20. The first-order valence-electron chi connectivity index (χ1n) is 5.34. The molecule has 3 heteroatoms. The van der Waals surface area contributed by atoms with E-state index in [4.69, 9.17) is 9.84 Å². The average Bonchev–Trinajstić information content (AvgIpc) is 2.25. The van der Waals surface area contributed by atoms with Crippen molar-refractivity contribution >= 4 is 0 Å². The van der Waals surface area contributed by atoms with Gasteiger partial charge in [-0.15, -0.1) is 0 Å². The molecule has 15 heavy (non-hydrogen) atoms. The monoisotopic (exact) mass is 209 g/mol. The molecule has 0 atom stereocenters. The summed E-state index contributed by atoms with van der Waals surface area (Å²) in [5.74, 6) is 0.958. The van der Waals surface area contributed by atoms with E-state index in [1.54, 1.807) is 0 Å². The van der Waals surface area contributed by atoms with Crippen LogP contribution in [-0.4, -0.2) is 31.4 Å². The SMILES string of the molecule is Cc1ccccc1OCCCNCCO. The van der Waals surface area contributed by atoms with Gasteiger partial charge in [-0.25, -0.2) is 0 Å². The van der Waals surface area contributed by atoms with E-state index in [-0.39, 0.29) is 6.61 Å². The van der Waals surface area contributed by atoms with Crippen molar-refractivity contribution in [2.45, 2.75) is 13.3 Å². The van der Waals surface area contributed by atoms with Gasteiger partial charge in [-0.3, -0.25) is 0 Å². The Balaban J connectivity index is 2.12. The van der Waals surface area contributed by atoms with E-state index >= 15 is 0 Å². The maximum absolute atomic E-state index is 8.54. The lowest BCUT2D eigenvalue weighted by Gasteiger charge is -2.08. The summed E-state index contributed by atoms with van der Waals surface area (Å²) in [6.45, 7) is 4.48. The topological polar surface area (TPSA) is 41.5 Å². The number of benzene rings is 1.